The van der Waals surface area contributed by atoms with Crippen LogP contribution in [0.3, 0.4) is 0 Å². The molecule has 2 rings (SSSR count). The van der Waals surface area contributed by atoms with Gasteiger partial charge in [-0.1, -0.05) is 6.92 Å². The van der Waals surface area contributed by atoms with Gasteiger partial charge in [-0.15, -0.1) is 0 Å². The number of nitrogens with one attached hydrogen (secondary N) is 1. The number of halogens is 2. The van der Waals surface area contributed by atoms with Crippen molar-refractivity contribution in [2.24, 2.45) is 0 Å². The summed E-state index contributed by atoms with van der Waals surface area (Å²) in [6.45, 7) is 1.93. The van der Waals surface area contributed by atoms with E-state index in [0.717, 1.165) is 5.69 Å². The van der Waals surface area contributed by atoms with Gasteiger partial charge in [0.25, 0.3) is 0 Å². The van der Waals surface area contributed by atoms with Crippen LogP contribution in [-0.4, -0.2) is 4.98 Å². The molecule has 0 aliphatic rings. The van der Waals surface area contributed by atoms with E-state index >= 15 is 0 Å². The van der Waals surface area contributed by atoms with Crippen molar-refractivity contribution in [1.82, 2.24) is 4.98 Å². The Labute approximate surface area is 94.3 Å². The first-order chi connectivity index (χ1) is 7.13. The molecule has 0 amide bonds. The van der Waals surface area contributed by atoms with E-state index in [1.165, 1.54) is 12.1 Å². The SMILES string of the molecule is CCc1cc(=O)c2c(F)ccc(Br)c2[nH]1. The van der Waals surface area contributed by atoms with Gasteiger partial charge in [-0.2, -0.15) is 0 Å². The average Bonchev–Trinajstić information content (AvgIpc) is 2.23. The molecule has 4 heteroatoms. The fourth-order valence-electron chi connectivity index (χ4n) is 1.53. The molecule has 1 N–H and O–H groups in total. The summed E-state index contributed by atoms with van der Waals surface area (Å²) in [7, 11) is 0. The Hall–Kier alpha value is -1.16. The predicted octanol–water partition coefficient (Wildman–Crippen LogP) is 2.99. The van der Waals surface area contributed by atoms with Gasteiger partial charge in [0.05, 0.1) is 10.9 Å². The molecule has 0 atom stereocenters. The van der Waals surface area contributed by atoms with E-state index in [0.29, 0.717) is 16.4 Å². The molecule has 0 fully saturated rings. The van der Waals surface area contributed by atoms with Crippen molar-refractivity contribution < 1.29 is 4.39 Å². The number of hydrogen-bond donors (Lipinski definition) is 1. The number of H-pyrrole nitrogens is 1. The van der Waals surface area contributed by atoms with Gasteiger partial charge in [-0.3, -0.25) is 4.79 Å². The number of pyridine rings is 1. The molecule has 0 bridgehead atoms. The van der Waals surface area contributed by atoms with Crippen molar-refractivity contribution >= 4 is 26.8 Å². The first kappa shape index (κ1) is 10.4. The molecule has 2 aromatic rings. The van der Waals surface area contributed by atoms with E-state index in [1.54, 1.807) is 6.07 Å². The second kappa shape index (κ2) is 3.77. The second-order valence-corrected chi connectivity index (χ2v) is 4.15. The highest BCUT2D eigenvalue weighted by Crippen LogP contribution is 2.22. The Morgan fingerprint density at radius 1 is 1.47 bits per heavy atom. The maximum Gasteiger partial charge on any atom is 0.192 e. The maximum absolute atomic E-state index is 13.4. The van der Waals surface area contributed by atoms with E-state index in [9.17, 15) is 9.18 Å². The zero-order chi connectivity index (χ0) is 11.0. The lowest BCUT2D eigenvalue weighted by atomic mass is 10.1. The molecule has 2 nitrogen and oxygen atoms in total. The zero-order valence-corrected chi connectivity index (χ0v) is 9.69. The number of aromatic amines is 1. The summed E-state index contributed by atoms with van der Waals surface area (Å²) < 4.78 is 14.1. The Bertz CT molecular complexity index is 577. The number of hydrogen-bond acceptors (Lipinski definition) is 1. The van der Waals surface area contributed by atoms with Gasteiger partial charge in [0.1, 0.15) is 5.82 Å². The quantitative estimate of drug-likeness (QED) is 0.848. The molecule has 0 unspecified atom stereocenters. The van der Waals surface area contributed by atoms with Gasteiger partial charge >= 0.3 is 0 Å². The molecule has 0 aliphatic heterocycles. The van der Waals surface area contributed by atoms with Gasteiger partial charge in [0.2, 0.25) is 0 Å². The summed E-state index contributed by atoms with van der Waals surface area (Å²) >= 11 is 3.29. The minimum Gasteiger partial charge on any atom is -0.357 e. The van der Waals surface area contributed by atoms with Crippen LogP contribution in [-0.2, 0) is 6.42 Å². The van der Waals surface area contributed by atoms with Crippen LogP contribution in [0.1, 0.15) is 12.6 Å². The lowest BCUT2D eigenvalue weighted by Crippen LogP contribution is -2.06. The van der Waals surface area contributed by atoms with Crippen LogP contribution in [0.25, 0.3) is 10.9 Å². The summed E-state index contributed by atoms with van der Waals surface area (Å²) in [4.78, 5) is 14.7. The minimum atomic E-state index is -0.489. The van der Waals surface area contributed by atoms with Crippen LogP contribution in [0.2, 0.25) is 0 Å². The molecule has 0 spiro atoms. The van der Waals surface area contributed by atoms with Crippen LogP contribution in [0, 0.1) is 5.82 Å². The van der Waals surface area contributed by atoms with Gasteiger partial charge in [-0.05, 0) is 34.5 Å². The third-order valence-electron chi connectivity index (χ3n) is 2.32. The highest BCUT2D eigenvalue weighted by atomic mass is 79.9. The third kappa shape index (κ3) is 1.69. The summed E-state index contributed by atoms with van der Waals surface area (Å²) in [5.74, 6) is -0.489. The first-order valence-electron chi connectivity index (χ1n) is 4.63. The van der Waals surface area contributed by atoms with Crippen molar-refractivity contribution in [3.05, 3.63) is 44.4 Å². The number of benzene rings is 1. The van der Waals surface area contributed by atoms with Crippen LogP contribution >= 0.6 is 15.9 Å². The predicted molar refractivity (Wildman–Crippen MR) is 61.6 cm³/mol. The van der Waals surface area contributed by atoms with Crippen molar-refractivity contribution in [2.45, 2.75) is 13.3 Å². The Kier molecular flexibility index (Phi) is 2.61. The van der Waals surface area contributed by atoms with Crippen molar-refractivity contribution in [1.29, 1.82) is 0 Å². The molecule has 1 aromatic carbocycles. The average molecular weight is 270 g/mol. The monoisotopic (exact) mass is 269 g/mol. The Morgan fingerprint density at radius 2 is 2.20 bits per heavy atom. The lowest BCUT2D eigenvalue weighted by molar-refractivity contribution is 0.638. The number of fused-ring (bicyclic) bond motifs is 1. The largest absolute Gasteiger partial charge is 0.357 e. The standard InChI is InChI=1S/C11H9BrFNO/c1-2-6-5-9(15)10-8(13)4-3-7(12)11(10)14-6/h3-5H,2H2,1H3,(H,14,15). The molecule has 0 radical (unpaired) electrons. The molecule has 0 saturated carbocycles. The minimum absolute atomic E-state index is 0.113. The summed E-state index contributed by atoms with van der Waals surface area (Å²) in [5.41, 5.74) is 1.05. The number of aromatic nitrogens is 1. The molecular weight excluding hydrogens is 261 g/mol. The smallest absolute Gasteiger partial charge is 0.192 e. The van der Waals surface area contributed by atoms with E-state index in [4.69, 9.17) is 0 Å². The van der Waals surface area contributed by atoms with Crippen LogP contribution in [0.15, 0.2) is 27.5 Å². The van der Waals surface area contributed by atoms with Crippen molar-refractivity contribution in [2.75, 3.05) is 0 Å². The van der Waals surface area contributed by atoms with E-state index in [2.05, 4.69) is 20.9 Å². The highest BCUT2D eigenvalue weighted by Gasteiger charge is 2.09. The van der Waals surface area contributed by atoms with E-state index < -0.39 is 5.82 Å². The van der Waals surface area contributed by atoms with Crippen LogP contribution < -0.4 is 5.43 Å². The summed E-state index contributed by atoms with van der Waals surface area (Å²) in [6.07, 6.45) is 0.716. The van der Waals surface area contributed by atoms with E-state index in [-0.39, 0.29) is 10.8 Å². The topological polar surface area (TPSA) is 32.9 Å². The molecular formula is C11H9BrFNO. The van der Waals surface area contributed by atoms with Gasteiger partial charge in [0, 0.05) is 16.2 Å². The summed E-state index contributed by atoms with van der Waals surface area (Å²) in [6, 6.07) is 4.32. The highest BCUT2D eigenvalue weighted by molar-refractivity contribution is 9.10. The fraction of sp³-hybridized carbons (Fsp3) is 0.182. The summed E-state index contributed by atoms with van der Waals surface area (Å²) in [5, 5.41) is 0.113. The third-order valence-corrected chi connectivity index (χ3v) is 2.98. The number of aryl methyl sites for hydroxylation is 1. The lowest BCUT2D eigenvalue weighted by Gasteiger charge is -2.04. The fourth-order valence-corrected chi connectivity index (χ4v) is 1.96. The first-order valence-corrected chi connectivity index (χ1v) is 5.42. The van der Waals surface area contributed by atoms with Gasteiger partial charge in [0.15, 0.2) is 5.43 Å². The van der Waals surface area contributed by atoms with Crippen molar-refractivity contribution in [3.8, 4) is 0 Å². The second-order valence-electron chi connectivity index (χ2n) is 3.29. The van der Waals surface area contributed by atoms with Gasteiger partial charge < -0.3 is 4.98 Å². The molecule has 1 heterocycles. The van der Waals surface area contributed by atoms with E-state index in [1.807, 2.05) is 6.92 Å². The molecule has 1 aromatic heterocycles. The van der Waals surface area contributed by atoms with Gasteiger partial charge in [-0.25, -0.2) is 4.39 Å². The van der Waals surface area contributed by atoms with Crippen molar-refractivity contribution in [3.63, 3.8) is 0 Å². The Morgan fingerprint density at radius 3 is 2.87 bits per heavy atom. The van der Waals surface area contributed by atoms with Crippen LogP contribution in [0.4, 0.5) is 4.39 Å². The molecule has 15 heavy (non-hydrogen) atoms. The Balaban J connectivity index is 2.97. The number of rotatable bonds is 1. The molecule has 78 valence electrons. The van der Waals surface area contributed by atoms with Crippen LogP contribution in [0.5, 0.6) is 0 Å². The zero-order valence-electron chi connectivity index (χ0n) is 8.10. The molecule has 0 aliphatic carbocycles. The normalized spacial score (nSPS) is 10.9. The maximum atomic E-state index is 13.4. The molecule has 0 saturated heterocycles.